The van der Waals surface area contributed by atoms with Crippen LogP contribution in [0.2, 0.25) is 0 Å². The molecule has 0 saturated carbocycles. The van der Waals surface area contributed by atoms with E-state index in [4.69, 9.17) is 19.3 Å². The van der Waals surface area contributed by atoms with Crippen LogP contribution >= 0.6 is 0 Å². The Bertz CT molecular complexity index is 1300. The fraction of sp³-hybridized carbons (Fsp3) is 0.556. The number of anilines is 1. The lowest BCUT2D eigenvalue weighted by Gasteiger charge is -2.41. The predicted octanol–water partition coefficient (Wildman–Crippen LogP) is 2.50. The van der Waals surface area contributed by atoms with Crippen LogP contribution in [0.25, 0.3) is 16.7 Å². The summed E-state index contributed by atoms with van der Waals surface area (Å²) in [5.74, 6) is 1.87. The zero-order valence-corrected chi connectivity index (χ0v) is 21.7. The molecule has 3 fully saturated rings. The number of carbonyl (C=O) groups is 1. The van der Waals surface area contributed by atoms with Crippen LogP contribution in [0.1, 0.15) is 36.8 Å². The van der Waals surface area contributed by atoms with Gasteiger partial charge in [-0.05, 0) is 69.0 Å². The standard InChI is InChI=1S/C27H34N6O4/c1-17-10-20-13-28-33(23(20)11-22(17)19-4-6-31(7-5-19)21-15-36-16-21)26-12-25(29-27(30-26)35-3)32-8-9-37-24(14-32)18(2)34/h10-13,19,21,24H,4-9,14-16H2,1-3H3. The number of benzene rings is 1. The van der Waals surface area contributed by atoms with Gasteiger partial charge in [0, 0.05) is 18.0 Å². The van der Waals surface area contributed by atoms with Crippen molar-refractivity contribution in [2.75, 3.05) is 58.0 Å². The molecule has 0 N–H and O–H groups in total. The van der Waals surface area contributed by atoms with Crippen molar-refractivity contribution in [3.05, 3.63) is 35.5 Å². The molecule has 0 amide bonds. The second-order valence-corrected chi connectivity index (χ2v) is 10.3. The minimum absolute atomic E-state index is 0.0127. The Labute approximate surface area is 216 Å². The normalized spacial score (nSPS) is 21.8. The van der Waals surface area contributed by atoms with Gasteiger partial charge in [0.15, 0.2) is 11.6 Å². The van der Waals surface area contributed by atoms with Gasteiger partial charge in [-0.2, -0.15) is 15.1 Å². The summed E-state index contributed by atoms with van der Waals surface area (Å²) in [6, 6.07) is 7.31. The van der Waals surface area contributed by atoms with E-state index >= 15 is 0 Å². The zero-order chi connectivity index (χ0) is 25.5. The van der Waals surface area contributed by atoms with Gasteiger partial charge in [0.2, 0.25) is 0 Å². The lowest BCUT2D eigenvalue weighted by molar-refractivity contribution is -0.128. The lowest BCUT2D eigenvalue weighted by Crippen LogP contribution is -2.51. The smallest absolute Gasteiger partial charge is 0.320 e. The topological polar surface area (TPSA) is 94.8 Å². The summed E-state index contributed by atoms with van der Waals surface area (Å²) in [5.41, 5.74) is 3.71. The Morgan fingerprint density at radius 1 is 1.08 bits per heavy atom. The molecule has 3 aliphatic heterocycles. The number of nitrogens with zero attached hydrogens (tertiary/aromatic N) is 6. The average Bonchev–Trinajstić information content (AvgIpc) is 3.30. The molecule has 3 saturated heterocycles. The molecule has 1 atom stereocenters. The molecule has 3 aromatic rings. The number of carbonyl (C=O) groups excluding carboxylic acids is 1. The maximum absolute atomic E-state index is 11.9. The molecule has 0 spiro atoms. The minimum atomic E-state index is -0.461. The summed E-state index contributed by atoms with van der Waals surface area (Å²) >= 11 is 0. The van der Waals surface area contributed by atoms with Crippen molar-refractivity contribution in [2.45, 2.75) is 44.8 Å². The van der Waals surface area contributed by atoms with Crippen LogP contribution in [0.5, 0.6) is 6.01 Å². The SMILES string of the molecule is COc1nc(N2CCOC(C(C)=O)C2)cc(-n2ncc3cc(C)c(C4CCN(C5COC5)CC4)cc32)n1. The molecule has 2 aromatic heterocycles. The molecule has 6 rings (SSSR count). The second-order valence-electron chi connectivity index (χ2n) is 10.3. The first-order valence-electron chi connectivity index (χ1n) is 13.1. The summed E-state index contributed by atoms with van der Waals surface area (Å²) in [4.78, 5) is 25.7. The summed E-state index contributed by atoms with van der Waals surface area (Å²) in [6.45, 7) is 9.28. The Kier molecular flexibility index (Phi) is 6.56. The highest BCUT2D eigenvalue weighted by Crippen LogP contribution is 2.34. The van der Waals surface area contributed by atoms with Gasteiger partial charge in [-0.3, -0.25) is 9.69 Å². The van der Waals surface area contributed by atoms with E-state index in [1.807, 2.05) is 21.8 Å². The molecular formula is C27H34N6O4. The second kappa shape index (κ2) is 10.00. The van der Waals surface area contributed by atoms with Gasteiger partial charge in [0.25, 0.3) is 0 Å². The van der Waals surface area contributed by atoms with Crippen LogP contribution < -0.4 is 9.64 Å². The third-order valence-corrected chi connectivity index (χ3v) is 7.98. The van der Waals surface area contributed by atoms with Crippen molar-refractivity contribution in [2.24, 2.45) is 0 Å². The van der Waals surface area contributed by atoms with Crippen molar-refractivity contribution in [3.63, 3.8) is 0 Å². The first-order chi connectivity index (χ1) is 18.0. The maximum Gasteiger partial charge on any atom is 0.320 e. The van der Waals surface area contributed by atoms with Gasteiger partial charge in [-0.25, -0.2) is 4.68 Å². The van der Waals surface area contributed by atoms with Gasteiger partial charge in [-0.15, -0.1) is 0 Å². The summed E-state index contributed by atoms with van der Waals surface area (Å²) < 4.78 is 18.3. The van der Waals surface area contributed by atoms with Crippen LogP contribution in [-0.2, 0) is 14.3 Å². The molecule has 5 heterocycles. The molecule has 0 aliphatic carbocycles. The van der Waals surface area contributed by atoms with Crippen molar-refractivity contribution >= 4 is 22.5 Å². The van der Waals surface area contributed by atoms with E-state index in [0.29, 0.717) is 43.3 Å². The van der Waals surface area contributed by atoms with Crippen molar-refractivity contribution < 1.29 is 19.0 Å². The fourth-order valence-electron chi connectivity index (χ4n) is 5.70. The molecule has 0 bridgehead atoms. The highest BCUT2D eigenvalue weighted by molar-refractivity contribution is 5.82. The van der Waals surface area contributed by atoms with Crippen LogP contribution in [-0.4, -0.2) is 95.7 Å². The number of likely N-dealkylation sites (tertiary alicyclic amines) is 1. The number of morpholine rings is 1. The molecular weight excluding hydrogens is 472 g/mol. The molecule has 37 heavy (non-hydrogen) atoms. The predicted molar refractivity (Wildman–Crippen MR) is 139 cm³/mol. The van der Waals surface area contributed by atoms with Gasteiger partial charge in [0.05, 0.1) is 51.2 Å². The van der Waals surface area contributed by atoms with Crippen molar-refractivity contribution in [1.29, 1.82) is 0 Å². The molecule has 1 aromatic carbocycles. The van der Waals surface area contributed by atoms with Gasteiger partial charge in [0.1, 0.15) is 11.9 Å². The third-order valence-electron chi connectivity index (χ3n) is 7.98. The lowest BCUT2D eigenvalue weighted by atomic mass is 9.85. The molecule has 10 nitrogen and oxygen atoms in total. The summed E-state index contributed by atoms with van der Waals surface area (Å²) in [5, 5.41) is 5.78. The maximum atomic E-state index is 11.9. The van der Waals surface area contributed by atoms with E-state index in [9.17, 15) is 4.79 Å². The van der Waals surface area contributed by atoms with Crippen molar-refractivity contribution in [1.82, 2.24) is 24.6 Å². The molecule has 196 valence electrons. The van der Waals surface area contributed by atoms with E-state index < -0.39 is 6.10 Å². The first kappa shape index (κ1) is 24.3. The van der Waals surface area contributed by atoms with Crippen LogP contribution in [0.3, 0.4) is 0 Å². The number of hydrogen-bond donors (Lipinski definition) is 0. The number of aromatic nitrogens is 4. The Balaban J connectivity index is 1.31. The number of Topliss-reactive ketones (excluding diaryl/α,β-unsaturated/α-hetero) is 1. The fourth-order valence-corrected chi connectivity index (χ4v) is 5.70. The number of ketones is 1. The molecule has 1 unspecified atom stereocenters. The number of rotatable bonds is 6. The summed E-state index contributed by atoms with van der Waals surface area (Å²) in [7, 11) is 1.56. The van der Waals surface area contributed by atoms with Gasteiger partial charge < -0.3 is 19.1 Å². The Morgan fingerprint density at radius 3 is 2.57 bits per heavy atom. The van der Waals surface area contributed by atoms with Crippen LogP contribution in [0.15, 0.2) is 24.4 Å². The van der Waals surface area contributed by atoms with E-state index in [0.717, 1.165) is 50.0 Å². The van der Waals surface area contributed by atoms with E-state index in [1.54, 1.807) is 14.0 Å². The number of piperidine rings is 1. The number of ether oxygens (including phenoxy) is 3. The minimum Gasteiger partial charge on any atom is -0.467 e. The van der Waals surface area contributed by atoms with E-state index in [-0.39, 0.29) is 11.8 Å². The summed E-state index contributed by atoms with van der Waals surface area (Å²) in [6.07, 6.45) is 3.73. The quantitative estimate of drug-likeness (QED) is 0.500. The Morgan fingerprint density at radius 2 is 1.86 bits per heavy atom. The monoisotopic (exact) mass is 506 g/mol. The number of aryl methyl sites for hydroxylation is 1. The van der Waals surface area contributed by atoms with Crippen LogP contribution in [0.4, 0.5) is 5.82 Å². The zero-order valence-electron chi connectivity index (χ0n) is 21.7. The largest absolute Gasteiger partial charge is 0.467 e. The van der Waals surface area contributed by atoms with Gasteiger partial charge >= 0.3 is 6.01 Å². The van der Waals surface area contributed by atoms with Crippen molar-refractivity contribution in [3.8, 4) is 11.8 Å². The highest BCUT2D eigenvalue weighted by Gasteiger charge is 2.31. The van der Waals surface area contributed by atoms with E-state index in [2.05, 4.69) is 33.9 Å². The first-order valence-corrected chi connectivity index (χ1v) is 13.1. The van der Waals surface area contributed by atoms with Crippen LogP contribution in [0, 0.1) is 6.92 Å². The highest BCUT2D eigenvalue weighted by atomic mass is 16.5. The molecule has 10 heteroatoms. The van der Waals surface area contributed by atoms with Gasteiger partial charge in [-0.1, -0.05) is 0 Å². The van der Waals surface area contributed by atoms with E-state index in [1.165, 1.54) is 11.1 Å². The third kappa shape index (κ3) is 4.69. The average molecular weight is 507 g/mol. The molecule has 0 radical (unpaired) electrons. The number of fused-ring (bicyclic) bond motifs is 1. The Hall–Kier alpha value is -3.08. The molecule has 3 aliphatic rings. The number of hydrogen-bond acceptors (Lipinski definition) is 9. The number of methoxy groups -OCH3 is 1.